The Morgan fingerprint density at radius 3 is 2.67 bits per heavy atom. The van der Waals surface area contributed by atoms with Crippen LogP contribution in [0.3, 0.4) is 0 Å². The summed E-state index contributed by atoms with van der Waals surface area (Å²) < 4.78 is 11.1. The summed E-state index contributed by atoms with van der Waals surface area (Å²) in [5.74, 6) is 1.64. The minimum absolute atomic E-state index is 0.0112. The first-order chi connectivity index (χ1) is 8.70. The number of ether oxygens (including phenoxy) is 1. The molecule has 0 aliphatic carbocycles. The van der Waals surface area contributed by atoms with E-state index in [2.05, 4.69) is 0 Å². The van der Waals surface area contributed by atoms with E-state index in [9.17, 15) is 0 Å². The second kappa shape index (κ2) is 5.94. The summed E-state index contributed by atoms with van der Waals surface area (Å²) in [6.45, 7) is 2.94. The van der Waals surface area contributed by atoms with E-state index < -0.39 is 0 Å². The zero-order valence-electron chi connectivity index (χ0n) is 10.2. The summed E-state index contributed by atoms with van der Waals surface area (Å²) in [4.78, 5) is 0. The molecule has 1 aromatic carbocycles. The molecule has 2 rings (SSSR count). The normalized spacial score (nSPS) is 12.4. The summed E-state index contributed by atoms with van der Waals surface area (Å²) in [6, 6.07) is 11.4. The van der Waals surface area contributed by atoms with Crippen LogP contribution in [0.5, 0.6) is 5.75 Å². The Hall–Kier alpha value is -1.45. The number of para-hydroxylation sites is 1. The smallest absolute Gasteiger partial charge is 0.193 e. The van der Waals surface area contributed by atoms with Crippen LogP contribution in [0.25, 0.3) is 0 Å². The number of benzene rings is 1. The minimum Gasteiger partial charge on any atom is -0.493 e. The van der Waals surface area contributed by atoms with Crippen LogP contribution in [0.2, 0.25) is 5.22 Å². The molecule has 0 spiro atoms. The van der Waals surface area contributed by atoms with Crippen LogP contribution < -0.4 is 10.5 Å². The zero-order chi connectivity index (χ0) is 13.0. The molecule has 18 heavy (non-hydrogen) atoms. The maximum absolute atomic E-state index is 5.77. The van der Waals surface area contributed by atoms with Crippen molar-refractivity contribution in [2.45, 2.75) is 12.8 Å². The van der Waals surface area contributed by atoms with Gasteiger partial charge >= 0.3 is 0 Å². The molecule has 0 saturated carbocycles. The standard InChI is InChI=1S/C14H16ClNO2/c1-10-4-2-3-5-12(10)17-9-11(8-16)13-6-7-14(15)18-13/h2-7,11H,8-9,16H2,1H3. The van der Waals surface area contributed by atoms with E-state index in [1.54, 1.807) is 6.07 Å². The van der Waals surface area contributed by atoms with E-state index in [1.165, 1.54) is 0 Å². The Bertz CT molecular complexity index is 510. The topological polar surface area (TPSA) is 48.4 Å². The van der Waals surface area contributed by atoms with Gasteiger partial charge in [-0.2, -0.15) is 0 Å². The van der Waals surface area contributed by atoms with Gasteiger partial charge in [0.25, 0.3) is 0 Å². The predicted octanol–water partition coefficient (Wildman–Crippen LogP) is 3.36. The number of hydrogen-bond acceptors (Lipinski definition) is 3. The van der Waals surface area contributed by atoms with Crippen LogP contribution in [0.4, 0.5) is 0 Å². The van der Waals surface area contributed by atoms with E-state index in [4.69, 9.17) is 26.5 Å². The number of nitrogens with two attached hydrogens (primary N) is 1. The lowest BCUT2D eigenvalue weighted by atomic mass is 10.1. The lowest BCUT2D eigenvalue weighted by Gasteiger charge is -2.14. The van der Waals surface area contributed by atoms with Gasteiger partial charge in [0.2, 0.25) is 0 Å². The molecule has 2 N–H and O–H groups in total. The van der Waals surface area contributed by atoms with Crippen molar-refractivity contribution in [1.82, 2.24) is 0 Å². The van der Waals surface area contributed by atoms with Gasteiger partial charge < -0.3 is 14.9 Å². The minimum atomic E-state index is 0.0112. The predicted molar refractivity (Wildman–Crippen MR) is 72.2 cm³/mol. The molecular weight excluding hydrogens is 250 g/mol. The fourth-order valence-corrected chi connectivity index (χ4v) is 1.87. The van der Waals surface area contributed by atoms with Gasteiger partial charge in [-0.25, -0.2) is 0 Å². The number of furan rings is 1. The second-order valence-corrected chi connectivity index (χ2v) is 4.52. The van der Waals surface area contributed by atoms with Crippen molar-refractivity contribution >= 4 is 11.6 Å². The second-order valence-electron chi connectivity index (χ2n) is 4.15. The first-order valence-electron chi connectivity index (χ1n) is 5.84. The first kappa shape index (κ1) is 13.0. The molecule has 0 saturated heterocycles. The molecule has 0 bridgehead atoms. The maximum Gasteiger partial charge on any atom is 0.193 e. The summed E-state index contributed by atoms with van der Waals surface area (Å²) in [6.07, 6.45) is 0. The van der Waals surface area contributed by atoms with Crippen molar-refractivity contribution in [2.75, 3.05) is 13.2 Å². The molecule has 4 heteroatoms. The third-order valence-electron chi connectivity index (χ3n) is 2.81. The van der Waals surface area contributed by atoms with Crippen LogP contribution in [0, 0.1) is 6.92 Å². The van der Waals surface area contributed by atoms with Crippen molar-refractivity contribution in [1.29, 1.82) is 0 Å². The third-order valence-corrected chi connectivity index (χ3v) is 3.02. The molecule has 1 aromatic heterocycles. The number of rotatable bonds is 5. The Kier molecular flexibility index (Phi) is 4.28. The van der Waals surface area contributed by atoms with E-state index >= 15 is 0 Å². The molecule has 0 aliphatic heterocycles. The van der Waals surface area contributed by atoms with Crippen molar-refractivity contribution in [3.63, 3.8) is 0 Å². The molecule has 0 amide bonds. The molecule has 1 heterocycles. The fraction of sp³-hybridized carbons (Fsp3) is 0.286. The monoisotopic (exact) mass is 265 g/mol. The van der Waals surface area contributed by atoms with Crippen LogP contribution >= 0.6 is 11.6 Å². The van der Waals surface area contributed by atoms with E-state index in [1.807, 2.05) is 37.3 Å². The van der Waals surface area contributed by atoms with Gasteiger partial charge in [-0.15, -0.1) is 0 Å². The highest BCUT2D eigenvalue weighted by Gasteiger charge is 2.15. The van der Waals surface area contributed by atoms with Gasteiger partial charge in [0.05, 0.1) is 12.5 Å². The van der Waals surface area contributed by atoms with Gasteiger partial charge in [0, 0.05) is 6.54 Å². The molecule has 2 aromatic rings. The number of aryl methyl sites for hydroxylation is 1. The molecule has 0 fully saturated rings. The lowest BCUT2D eigenvalue weighted by Crippen LogP contribution is -2.19. The van der Waals surface area contributed by atoms with Crippen molar-refractivity contribution in [3.05, 3.63) is 52.9 Å². The lowest BCUT2D eigenvalue weighted by molar-refractivity contribution is 0.271. The Labute approximate surface area is 111 Å². The molecule has 1 unspecified atom stereocenters. The summed E-state index contributed by atoms with van der Waals surface area (Å²) >= 11 is 5.76. The van der Waals surface area contributed by atoms with Crippen LogP contribution in [0.15, 0.2) is 40.8 Å². The van der Waals surface area contributed by atoms with E-state index in [-0.39, 0.29) is 5.92 Å². The highest BCUT2D eigenvalue weighted by Crippen LogP contribution is 2.23. The third kappa shape index (κ3) is 3.06. The van der Waals surface area contributed by atoms with Gasteiger partial charge in [0.15, 0.2) is 5.22 Å². The summed E-state index contributed by atoms with van der Waals surface area (Å²) in [5.41, 5.74) is 6.84. The highest BCUT2D eigenvalue weighted by molar-refractivity contribution is 6.28. The van der Waals surface area contributed by atoms with Gasteiger partial charge in [-0.3, -0.25) is 0 Å². The fourth-order valence-electron chi connectivity index (χ4n) is 1.72. The summed E-state index contributed by atoms with van der Waals surface area (Å²) in [7, 11) is 0. The van der Waals surface area contributed by atoms with Crippen molar-refractivity contribution < 1.29 is 9.15 Å². The van der Waals surface area contributed by atoms with E-state index in [0.29, 0.717) is 18.4 Å². The van der Waals surface area contributed by atoms with Crippen molar-refractivity contribution in [2.24, 2.45) is 5.73 Å². The molecule has 0 aliphatic rings. The largest absolute Gasteiger partial charge is 0.493 e. The number of hydrogen-bond donors (Lipinski definition) is 1. The van der Waals surface area contributed by atoms with Gasteiger partial charge in [-0.05, 0) is 42.3 Å². The Morgan fingerprint density at radius 2 is 2.06 bits per heavy atom. The van der Waals surface area contributed by atoms with Gasteiger partial charge in [0.1, 0.15) is 11.5 Å². The SMILES string of the molecule is Cc1ccccc1OCC(CN)c1ccc(Cl)o1. The Balaban J connectivity index is 2.02. The molecule has 1 atom stereocenters. The number of halogens is 1. The molecule has 3 nitrogen and oxygen atoms in total. The maximum atomic E-state index is 5.77. The first-order valence-corrected chi connectivity index (χ1v) is 6.22. The van der Waals surface area contributed by atoms with E-state index in [0.717, 1.165) is 17.1 Å². The average molecular weight is 266 g/mol. The van der Waals surface area contributed by atoms with Crippen molar-refractivity contribution in [3.8, 4) is 5.75 Å². The van der Waals surface area contributed by atoms with Gasteiger partial charge in [-0.1, -0.05) is 18.2 Å². The average Bonchev–Trinajstić information content (AvgIpc) is 2.79. The quantitative estimate of drug-likeness (QED) is 0.902. The molecule has 96 valence electrons. The molecular formula is C14H16ClNO2. The van der Waals surface area contributed by atoms with Crippen LogP contribution in [0.1, 0.15) is 17.2 Å². The van der Waals surface area contributed by atoms with Crippen LogP contribution in [-0.4, -0.2) is 13.2 Å². The van der Waals surface area contributed by atoms with Crippen LogP contribution in [-0.2, 0) is 0 Å². The molecule has 0 radical (unpaired) electrons. The summed E-state index contributed by atoms with van der Waals surface area (Å²) in [5, 5.41) is 0.374. The Morgan fingerprint density at radius 1 is 1.28 bits per heavy atom. The zero-order valence-corrected chi connectivity index (χ0v) is 11.0. The highest BCUT2D eigenvalue weighted by atomic mass is 35.5.